The number of aromatic hydroxyl groups is 1. The van der Waals surface area contributed by atoms with E-state index in [1.165, 1.54) is 22.3 Å². The van der Waals surface area contributed by atoms with Crippen LogP contribution in [0.1, 0.15) is 137 Å². The molecule has 0 aliphatic rings. The van der Waals surface area contributed by atoms with Gasteiger partial charge < -0.3 is 5.11 Å². The Morgan fingerprint density at radius 2 is 1.15 bits per heavy atom. The minimum atomic E-state index is -0.326. The Balaban J connectivity index is 1.47. The van der Waals surface area contributed by atoms with Gasteiger partial charge in [-0.25, -0.2) is 15.0 Å². The predicted molar refractivity (Wildman–Crippen MR) is 280 cm³/mol. The summed E-state index contributed by atoms with van der Waals surface area (Å²) in [5.74, 6) is 0.956. The van der Waals surface area contributed by atoms with Crippen molar-refractivity contribution in [3.63, 3.8) is 0 Å². The number of phenols is 1. The fourth-order valence-electron chi connectivity index (χ4n) is 9.27. The summed E-state index contributed by atoms with van der Waals surface area (Å²) in [7, 11) is 0. The normalized spacial score (nSPS) is 13.0. The van der Waals surface area contributed by atoms with Crippen LogP contribution in [-0.4, -0.2) is 24.6 Å². The van der Waals surface area contributed by atoms with Crippen molar-refractivity contribution in [1.82, 2.24) is 19.5 Å². The van der Waals surface area contributed by atoms with E-state index >= 15 is 0 Å². The maximum atomic E-state index is 12.6. The standard InChI is InChI=1S/C61H70N4O/c1-37-39(35-57(2,3)4)25-27-46-52(37)62-36-63-53(46)41-29-40(30-43(31-41)59(8,9)10)45-23-20-24-51-54(45)64-56(48-33-44(60(11,12)13)34-49(55(48)66)61(14,15)16)65(51)50-28-26-42(58(5,6)7)32-47(50)38-21-18-17-19-22-38/h17-34,36,66H,35H2,1-16H3. The van der Waals surface area contributed by atoms with Gasteiger partial charge in [0.25, 0.3) is 0 Å². The molecule has 0 saturated heterocycles. The summed E-state index contributed by atoms with van der Waals surface area (Å²) >= 11 is 0. The van der Waals surface area contributed by atoms with Crippen LogP contribution in [0.2, 0.25) is 0 Å². The van der Waals surface area contributed by atoms with Crippen LogP contribution < -0.4 is 0 Å². The van der Waals surface area contributed by atoms with E-state index < -0.39 is 0 Å². The number of phenolic OH excluding ortho intramolecular Hbond substituents is 1. The van der Waals surface area contributed by atoms with Crippen molar-refractivity contribution in [2.45, 2.75) is 139 Å². The quantitative estimate of drug-likeness (QED) is 0.181. The molecule has 2 aromatic heterocycles. The van der Waals surface area contributed by atoms with Gasteiger partial charge in [-0.15, -0.1) is 0 Å². The summed E-state index contributed by atoms with van der Waals surface area (Å²) in [4.78, 5) is 15.6. The van der Waals surface area contributed by atoms with Gasteiger partial charge in [0.2, 0.25) is 0 Å². The lowest BCUT2D eigenvalue weighted by atomic mass is 9.79. The molecule has 6 aromatic carbocycles. The second kappa shape index (κ2) is 16.4. The first kappa shape index (κ1) is 46.5. The van der Waals surface area contributed by atoms with Crippen LogP contribution >= 0.6 is 0 Å². The number of imidazole rings is 1. The second-order valence-corrected chi connectivity index (χ2v) is 24.0. The van der Waals surface area contributed by atoms with Crippen LogP contribution in [0.5, 0.6) is 5.75 Å². The number of rotatable bonds is 6. The molecule has 5 nitrogen and oxygen atoms in total. The zero-order valence-electron chi connectivity index (χ0n) is 42.4. The summed E-state index contributed by atoms with van der Waals surface area (Å²) in [6.07, 6.45) is 2.70. The molecule has 1 N–H and O–H groups in total. The SMILES string of the molecule is Cc1c(CC(C)(C)C)ccc2c(-c3cc(-c4cccc5c4nc(-c4cc(C(C)(C)C)cc(C(C)(C)C)c4O)n5-c4ccc(C(C)(C)C)cc4-c4ccccc4)cc(C(C)(C)C)c3)ncnc12. The van der Waals surface area contributed by atoms with Gasteiger partial charge >= 0.3 is 0 Å². The molecule has 8 aromatic rings. The van der Waals surface area contributed by atoms with E-state index in [1.807, 2.05) is 0 Å². The third-order valence-corrected chi connectivity index (χ3v) is 13.2. The molecule has 340 valence electrons. The van der Waals surface area contributed by atoms with Crippen LogP contribution in [0.25, 0.3) is 72.5 Å². The Bertz CT molecular complexity index is 3130. The summed E-state index contributed by atoms with van der Waals surface area (Å²) in [5, 5.41) is 13.6. The second-order valence-electron chi connectivity index (χ2n) is 24.0. The lowest BCUT2D eigenvalue weighted by Gasteiger charge is -2.28. The summed E-state index contributed by atoms with van der Waals surface area (Å²) in [5.41, 5.74) is 17.2. The summed E-state index contributed by atoms with van der Waals surface area (Å²) in [6, 6.07) is 39.8. The maximum absolute atomic E-state index is 12.6. The predicted octanol–water partition coefficient (Wildman–Crippen LogP) is 16.4. The largest absolute Gasteiger partial charge is 0.507 e. The van der Waals surface area contributed by atoms with E-state index in [0.29, 0.717) is 11.4 Å². The highest BCUT2D eigenvalue weighted by Crippen LogP contribution is 2.46. The van der Waals surface area contributed by atoms with Crippen molar-refractivity contribution in [1.29, 1.82) is 0 Å². The van der Waals surface area contributed by atoms with Crippen molar-refractivity contribution in [2.24, 2.45) is 5.41 Å². The minimum absolute atomic E-state index is 0.0752. The Kier molecular flexibility index (Phi) is 11.5. The molecule has 0 bridgehead atoms. The number of hydrogen-bond acceptors (Lipinski definition) is 4. The highest BCUT2D eigenvalue weighted by molar-refractivity contribution is 5.99. The summed E-state index contributed by atoms with van der Waals surface area (Å²) in [6.45, 7) is 35.9. The van der Waals surface area contributed by atoms with Gasteiger partial charge in [-0.2, -0.15) is 0 Å². The van der Waals surface area contributed by atoms with Gasteiger partial charge in [-0.3, -0.25) is 4.57 Å². The van der Waals surface area contributed by atoms with Gasteiger partial charge in [-0.1, -0.05) is 177 Å². The van der Waals surface area contributed by atoms with Crippen LogP contribution in [0.3, 0.4) is 0 Å². The average molecular weight is 875 g/mol. The number of aromatic nitrogens is 4. The first-order valence-electron chi connectivity index (χ1n) is 23.7. The van der Waals surface area contributed by atoms with Crippen molar-refractivity contribution in [3.8, 4) is 56.3 Å². The van der Waals surface area contributed by atoms with Gasteiger partial charge in [0.15, 0.2) is 0 Å². The van der Waals surface area contributed by atoms with Gasteiger partial charge in [0.1, 0.15) is 17.9 Å². The number of hydrogen-bond donors (Lipinski definition) is 1. The van der Waals surface area contributed by atoms with Crippen molar-refractivity contribution < 1.29 is 5.11 Å². The summed E-state index contributed by atoms with van der Waals surface area (Å²) < 4.78 is 2.30. The topological polar surface area (TPSA) is 63.8 Å². The van der Waals surface area contributed by atoms with E-state index in [0.717, 1.165) is 78.7 Å². The molecule has 8 rings (SSSR count). The maximum Gasteiger partial charge on any atom is 0.149 e. The van der Waals surface area contributed by atoms with Crippen molar-refractivity contribution >= 4 is 21.9 Å². The van der Waals surface area contributed by atoms with Crippen molar-refractivity contribution in [3.05, 3.63) is 149 Å². The average Bonchev–Trinajstić information content (AvgIpc) is 3.62. The number of benzene rings is 6. The molecule has 0 atom stereocenters. The highest BCUT2D eigenvalue weighted by atomic mass is 16.3. The van der Waals surface area contributed by atoms with Crippen molar-refractivity contribution in [2.75, 3.05) is 0 Å². The molecule has 2 heterocycles. The lowest BCUT2D eigenvalue weighted by molar-refractivity contribution is 0.410. The zero-order chi connectivity index (χ0) is 47.9. The molecule has 66 heavy (non-hydrogen) atoms. The number of nitrogens with zero attached hydrogens (tertiary/aromatic N) is 4. The smallest absolute Gasteiger partial charge is 0.149 e. The van der Waals surface area contributed by atoms with E-state index in [-0.39, 0.29) is 32.8 Å². The molecular formula is C61H70N4O. The zero-order valence-corrected chi connectivity index (χ0v) is 42.4. The first-order valence-corrected chi connectivity index (χ1v) is 23.7. The van der Waals surface area contributed by atoms with Gasteiger partial charge in [0, 0.05) is 27.6 Å². The molecule has 0 amide bonds. The van der Waals surface area contributed by atoms with E-state index in [2.05, 4.69) is 225 Å². The Morgan fingerprint density at radius 3 is 1.79 bits per heavy atom. The third-order valence-electron chi connectivity index (χ3n) is 13.2. The third kappa shape index (κ3) is 8.94. The first-order chi connectivity index (χ1) is 30.7. The number of para-hydroxylation sites is 1. The fraction of sp³-hybridized carbons (Fsp3) is 0.361. The molecule has 5 heteroatoms. The Labute approximate surface area is 394 Å². The molecular weight excluding hydrogens is 805 g/mol. The van der Waals surface area contributed by atoms with E-state index in [9.17, 15) is 5.11 Å². The molecule has 0 spiro atoms. The lowest BCUT2D eigenvalue weighted by Crippen LogP contribution is -2.17. The Morgan fingerprint density at radius 1 is 0.515 bits per heavy atom. The number of fused-ring (bicyclic) bond motifs is 2. The van der Waals surface area contributed by atoms with Crippen LogP contribution in [0.15, 0.2) is 116 Å². The van der Waals surface area contributed by atoms with Gasteiger partial charge in [-0.05, 0) is 116 Å². The molecule has 0 fully saturated rings. The van der Waals surface area contributed by atoms with Crippen LogP contribution in [-0.2, 0) is 28.1 Å². The molecule has 0 radical (unpaired) electrons. The van der Waals surface area contributed by atoms with E-state index in [4.69, 9.17) is 15.0 Å². The van der Waals surface area contributed by atoms with Gasteiger partial charge in [0.05, 0.1) is 33.5 Å². The van der Waals surface area contributed by atoms with Crippen LogP contribution in [0, 0.1) is 12.3 Å². The number of aryl methyl sites for hydroxylation is 1. The molecule has 0 saturated carbocycles. The molecule has 0 aliphatic heterocycles. The monoisotopic (exact) mass is 875 g/mol. The highest BCUT2D eigenvalue weighted by Gasteiger charge is 2.30. The minimum Gasteiger partial charge on any atom is -0.507 e. The Hall–Kier alpha value is -6.07. The molecule has 0 aliphatic carbocycles. The fourth-order valence-corrected chi connectivity index (χ4v) is 9.27. The molecule has 0 unspecified atom stereocenters. The van der Waals surface area contributed by atoms with Crippen LogP contribution in [0.4, 0.5) is 0 Å². The van der Waals surface area contributed by atoms with E-state index in [1.54, 1.807) is 6.33 Å².